The van der Waals surface area contributed by atoms with E-state index in [1.807, 2.05) is 0 Å². The zero-order valence-electron chi connectivity index (χ0n) is 10.3. The highest BCUT2D eigenvalue weighted by molar-refractivity contribution is 4.67. The molecule has 0 radical (unpaired) electrons. The van der Waals surface area contributed by atoms with E-state index in [1.54, 1.807) is 0 Å². The normalized spacial score (nSPS) is 14.1. The molecule has 1 atom stereocenters. The van der Waals surface area contributed by atoms with Crippen LogP contribution in [0.15, 0.2) is 0 Å². The largest absolute Gasteiger partial charge is 0.0654 e. The standard InChI is InChI=1S/C13H28/c1-6-9-13(11(4)5)10-12(7-2)8-3/h11-13H,6-10H2,1-5H3. The summed E-state index contributed by atoms with van der Waals surface area (Å²) in [6.07, 6.45) is 6.96. The second-order valence-electron chi connectivity index (χ2n) is 4.71. The minimum absolute atomic E-state index is 0.876. The van der Waals surface area contributed by atoms with Crippen molar-refractivity contribution in [3.8, 4) is 0 Å². The third-order valence-corrected chi connectivity index (χ3v) is 3.39. The molecule has 0 aliphatic rings. The van der Waals surface area contributed by atoms with Crippen LogP contribution in [0, 0.1) is 17.8 Å². The molecule has 0 heteroatoms. The van der Waals surface area contributed by atoms with Crippen molar-refractivity contribution in [1.29, 1.82) is 0 Å². The summed E-state index contributed by atoms with van der Waals surface area (Å²) < 4.78 is 0. The van der Waals surface area contributed by atoms with Gasteiger partial charge in [-0.1, -0.05) is 60.3 Å². The molecule has 0 saturated carbocycles. The average molecular weight is 184 g/mol. The molecule has 80 valence electrons. The Bertz CT molecular complexity index is 101. The second-order valence-corrected chi connectivity index (χ2v) is 4.71. The molecule has 0 N–H and O–H groups in total. The highest BCUT2D eigenvalue weighted by atomic mass is 14.2. The second kappa shape index (κ2) is 7.41. The molecular weight excluding hydrogens is 156 g/mol. The first-order valence-electron chi connectivity index (χ1n) is 6.15. The quantitative estimate of drug-likeness (QED) is 0.528. The summed E-state index contributed by atoms with van der Waals surface area (Å²) in [5.74, 6) is 2.81. The van der Waals surface area contributed by atoms with Crippen LogP contribution in [0.2, 0.25) is 0 Å². The van der Waals surface area contributed by atoms with Crippen LogP contribution < -0.4 is 0 Å². The smallest absolute Gasteiger partial charge is 0.0389 e. The van der Waals surface area contributed by atoms with E-state index in [0.29, 0.717) is 0 Å². The van der Waals surface area contributed by atoms with E-state index in [-0.39, 0.29) is 0 Å². The van der Waals surface area contributed by atoms with Crippen molar-refractivity contribution in [2.24, 2.45) is 17.8 Å². The Hall–Kier alpha value is 0. The Kier molecular flexibility index (Phi) is 7.41. The molecule has 0 aromatic heterocycles. The molecule has 0 rings (SSSR count). The highest BCUT2D eigenvalue weighted by Crippen LogP contribution is 2.27. The van der Waals surface area contributed by atoms with E-state index >= 15 is 0 Å². The van der Waals surface area contributed by atoms with Crippen molar-refractivity contribution in [2.45, 2.75) is 66.7 Å². The van der Waals surface area contributed by atoms with Crippen LogP contribution in [0.1, 0.15) is 66.7 Å². The van der Waals surface area contributed by atoms with E-state index in [4.69, 9.17) is 0 Å². The van der Waals surface area contributed by atoms with Crippen molar-refractivity contribution in [2.75, 3.05) is 0 Å². The zero-order chi connectivity index (χ0) is 10.3. The fraction of sp³-hybridized carbons (Fsp3) is 1.00. The first kappa shape index (κ1) is 13.0. The molecule has 0 aliphatic heterocycles. The van der Waals surface area contributed by atoms with Gasteiger partial charge in [0.15, 0.2) is 0 Å². The predicted molar refractivity (Wildman–Crippen MR) is 61.9 cm³/mol. The maximum Gasteiger partial charge on any atom is -0.0389 e. The maximum atomic E-state index is 2.38. The van der Waals surface area contributed by atoms with Crippen LogP contribution in [-0.2, 0) is 0 Å². The fourth-order valence-electron chi connectivity index (χ4n) is 2.14. The van der Waals surface area contributed by atoms with Crippen LogP contribution in [-0.4, -0.2) is 0 Å². The van der Waals surface area contributed by atoms with Crippen LogP contribution in [0.25, 0.3) is 0 Å². The highest BCUT2D eigenvalue weighted by Gasteiger charge is 2.16. The zero-order valence-corrected chi connectivity index (χ0v) is 10.3. The number of hydrogen-bond acceptors (Lipinski definition) is 0. The van der Waals surface area contributed by atoms with E-state index in [1.165, 1.54) is 32.1 Å². The first-order valence-corrected chi connectivity index (χ1v) is 6.15. The third-order valence-electron chi connectivity index (χ3n) is 3.39. The summed E-state index contributed by atoms with van der Waals surface area (Å²) in [6, 6.07) is 0. The van der Waals surface area contributed by atoms with Gasteiger partial charge in [-0.05, 0) is 24.2 Å². The molecule has 0 saturated heterocycles. The number of rotatable bonds is 7. The van der Waals surface area contributed by atoms with Gasteiger partial charge < -0.3 is 0 Å². The Morgan fingerprint density at radius 3 is 1.77 bits per heavy atom. The Labute approximate surface area is 85.1 Å². The molecule has 0 nitrogen and oxygen atoms in total. The van der Waals surface area contributed by atoms with Crippen molar-refractivity contribution >= 4 is 0 Å². The van der Waals surface area contributed by atoms with E-state index < -0.39 is 0 Å². The summed E-state index contributed by atoms with van der Waals surface area (Å²) in [4.78, 5) is 0. The van der Waals surface area contributed by atoms with Gasteiger partial charge in [-0.25, -0.2) is 0 Å². The molecular formula is C13H28. The minimum atomic E-state index is 0.876. The topological polar surface area (TPSA) is 0 Å². The Morgan fingerprint density at radius 1 is 0.923 bits per heavy atom. The summed E-state index contributed by atoms with van der Waals surface area (Å²) in [5, 5.41) is 0. The third kappa shape index (κ3) is 5.33. The molecule has 0 aliphatic carbocycles. The average Bonchev–Trinajstić information content (AvgIpc) is 2.11. The summed E-state index contributed by atoms with van der Waals surface area (Å²) >= 11 is 0. The van der Waals surface area contributed by atoms with Gasteiger partial charge in [-0.3, -0.25) is 0 Å². The monoisotopic (exact) mass is 184 g/mol. The molecule has 0 aromatic rings. The van der Waals surface area contributed by atoms with Gasteiger partial charge in [0.05, 0.1) is 0 Å². The predicted octanol–water partition coefficient (Wildman–Crippen LogP) is 4.89. The number of hydrogen-bond donors (Lipinski definition) is 0. The maximum absolute atomic E-state index is 2.38. The van der Waals surface area contributed by atoms with E-state index in [9.17, 15) is 0 Å². The van der Waals surface area contributed by atoms with Gasteiger partial charge in [0.25, 0.3) is 0 Å². The van der Waals surface area contributed by atoms with Gasteiger partial charge in [0, 0.05) is 0 Å². The molecule has 13 heavy (non-hydrogen) atoms. The first-order chi connectivity index (χ1) is 6.15. The van der Waals surface area contributed by atoms with Gasteiger partial charge >= 0.3 is 0 Å². The summed E-state index contributed by atoms with van der Waals surface area (Å²) in [6.45, 7) is 11.7. The lowest BCUT2D eigenvalue weighted by molar-refractivity contribution is 0.269. The van der Waals surface area contributed by atoms with Gasteiger partial charge in [0.1, 0.15) is 0 Å². The molecule has 0 fully saturated rings. The lowest BCUT2D eigenvalue weighted by atomic mass is 9.82. The molecule has 0 heterocycles. The van der Waals surface area contributed by atoms with Crippen molar-refractivity contribution in [1.82, 2.24) is 0 Å². The van der Waals surface area contributed by atoms with Crippen LogP contribution >= 0.6 is 0 Å². The van der Waals surface area contributed by atoms with Gasteiger partial charge in [-0.15, -0.1) is 0 Å². The van der Waals surface area contributed by atoms with Crippen LogP contribution in [0.3, 0.4) is 0 Å². The molecule has 0 aromatic carbocycles. The molecule has 0 spiro atoms. The summed E-state index contributed by atoms with van der Waals surface area (Å²) in [7, 11) is 0. The summed E-state index contributed by atoms with van der Waals surface area (Å²) in [5.41, 5.74) is 0. The lowest BCUT2D eigenvalue weighted by Crippen LogP contribution is -2.13. The van der Waals surface area contributed by atoms with Gasteiger partial charge in [-0.2, -0.15) is 0 Å². The molecule has 0 amide bonds. The van der Waals surface area contributed by atoms with Crippen LogP contribution in [0.4, 0.5) is 0 Å². The van der Waals surface area contributed by atoms with Crippen molar-refractivity contribution in [3.05, 3.63) is 0 Å². The van der Waals surface area contributed by atoms with E-state index in [0.717, 1.165) is 17.8 Å². The van der Waals surface area contributed by atoms with E-state index in [2.05, 4.69) is 34.6 Å². The molecule has 0 bridgehead atoms. The minimum Gasteiger partial charge on any atom is -0.0654 e. The lowest BCUT2D eigenvalue weighted by Gasteiger charge is -2.24. The Morgan fingerprint density at radius 2 is 1.46 bits per heavy atom. The fourth-order valence-corrected chi connectivity index (χ4v) is 2.14. The Balaban J connectivity index is 3.91. The SMILES string of the molecule is CCCC(CC(CC)CC)C(C)C. The van der Waals surface area contributed by atoms with Crippen molar-refractivity contribution in [3.63, 3.8) is 0 Å². The molecule has 1 unspecified atom stereocenters. The van der Waals surface area contributed by atoms with Gasteiger partial charge in [0.2, 0.25) is 0 Å². The van der Waals surface area contributed by atoms with Crippen LogP contribution in [0.5, 0.6) is 0 Å². The van der Waals surface area contributed by atoms with Crippen molar-refractivity contribution < 1.29 is 0 Å².